The zero-order valence-electron chi connectivity index (χ0n) is 10.8. The number of carbonyl (C=O) groups excluding carboxylic acids is 2. The minimum atomic E-state index is -0.181. The molecule has 1 aromatic rings. The van der Waals surface area contributed by atoms with Gasteiger partial charge in [-0.05, 0) is 25.5 Å². The van der Waals surface area contributed by atoms with E-state index in [9.17, 15) is 9.59 Å². The molecule has 0 atom stereocenters. The molecule has 2 rings (SSSR count). The van der Waals surface area contributed by atoms with Crippen LogP contribution in [0.15, 0.2) is 12.1 Å². The number of nitrogens with one attached hydrogen (secondary N) is 2. The molecular formula is C12H17N5O2. The smallest absolute Gasteiger partial charge is 0.254 e. The van der Waals surface area contributed by atoms with E-state index in [1.54, 1.807) is 19.1 Å². The van der Waals surface area contributed by atoms with Gasteiger partial charge in [0.15, 0.2) is 0 Å². The highest BCUT2D eigenvalue weighted by Crippen LogP contribution is 2.12. The number of nitrogens with two attached hydrogens (primary N) is 1. The normalized spacial score (nSPS) is 15.7. The van der Waals surface area contributed by atoms with Crippen molar-refractivity contribution in [3.8, 4) is 0 Å². The standard InChI is InChI=1S/C12H17N5O2/c1-8-5-9(6-10(15-8)16-13)12(19)17-4-2-3-14-11(18)7-17/h5-6H,2-4,7,13H2,1H3,(H,14,18)(H,15,16). The van der Waals surface area contributed by atoms with Crippen molar-refractivity contribution >= 4 is 17.6 Å². The molecule has 0 spiro atoms. The molecule has 1 aliphatic heterocycles. The molecule has 102 valence electrons. The first kappa shape index (κ1) is 13.3. The maximum Gasteiger partial charge on any atom is 0.254 e. The summed E-state index contributed by atoms with van der Waals surface area (Å²) in [4.78, 5) is 29.5. The molecule has 0 saturated carbocycles. The topological polar surface area (TPSA) is 100 Å². The zero-order chi connectivity index (χ0) is 13.8. The van der Waals surface area contributed by atoms with Crippen LogP contribution in [-0.4, -0.2) is 41.3 Å². The van der Waals surface area contributed by atoms with Gasteiger partial charge in [-0.1, -0.05) is 0 Å². The highest BCUT2D eigenvalue weighted by atomic mass is 16.2. The van der Waals surface area contributed by atoms with E-state index in [1.807, 2.05) is 0 Å². The minimum absolute atomic E-state index is 0.0889. The maximum atomic E-state index is 12.4. The Balaban J connectivity index is 2.22. The predicted molar refractivity (Wildman–Crippen MR) is 70.3 cm³/mol. The van der Waals surface area contributed by atoms with E-state index in [0.29, 0.717) is 30.2 Å². The Labute approximate surface area is 111 Å². The Morgan fingerprint density at radius 2 is 2.32 bits per heavy atom. The van der Waals surface area contributed by atoms with Crippen LogP contribution < -0.4 is 16.6 Å². The third-order valence-electron chi connectivity index (χ3n) is 2.90. The third-order valence-corrected chi connectivity index (χ3v) is 2.90. The van der Waals surface area contributed by atoms with E-state index in [4.69, 9.17) is 5.84 Å². The Bertz CT molecular complexity index is 503. The van der Waals surface area contributed by atoms with Crippen LogP contribution in [0, 0.1) is 6.92 Å². The van der Waals surface area contributed by atoms with Gasteiger partial charge >= 0.3 is 0 Å². The first-order valence-corrected chi connectivity index (χ1v) is 6.11. The van der Waals surface area contributed by atoms with Crippen molar-refractivity contribution in [2.75, 3.05) is 25.1 Å². The monoisotopic (exact) mass is 263 g/mol. The second-order valence-corrected chi connectivity index (χ2v) is 4.46. The summed E-state index contributed by atoms with van der Waals surface area (Å²) in [5.74, 6) is 5.43. The van der Waals surface area contributed by atoms with Crippen LogP contribution in [0.1, 0.15) is 22.5 Å². The fourth-order valence-corrected chi connectivity index (χ4v) is 2.03. The summed E-state index contributed by atoms with van der Waals surface area (Å²) in [5.41, 5.74) is 3.60. The summed E-state index contributed by atoms with van der Waals surface area (Å²) >= 11 is 0. The van der Waals surface area contributed by atoms with E-state index < -0.39 is 0 Å². The Kier molecular flexibility index (Phi) is 3.96. The average Bonchev–Trinajstić information content (AvgIpc) is 2.61. The molecule has 0 bridgehead atoms. The molecule has 7 nitrogen and oxygen atoms in total. The van der Waals surface area contributed by atoms with Gasteiger partial charge in [-0.3, -0.25) is 9.59 Å². The first-order valence-electron chi connectivity index (χ1n) is 6.11. The number of pyridine rings is 1. The van der Waals surface area contributed by atoms with Crippen LogP contribution >= 0.6 is 0 Å². The number of hydrazine groups is 1. The largest absolute Gasteiger partial charge is 0.354 e. The van der Waals surface area contributed by atoms with Gasteiger partial charge in [0.25, 0.3) is 5.91 Å². The van der Waals surface area contributed by atoms with Crippen molar-refractivity contribution in [1.29, 1.82) is 0 Å². The number of amides is 2. The van der Waals surface area contributed by atoms with Gasteiger partial charge in [0, 0.05) is 24.3 Å². The molecule has 1 aromatic heterocycles. The van der Waals surface area contributed by atoms with E-state index in [0.717, 1.165) is 6.42 Å². The van der Waals surface area contributed by atoms with Crippen molar-refractivity contribution < 1.29 is 9.59 Å². The molecule has 0 radical (unpaired) electrons. The van der Waals surface area contributed by atoms with Crippen molar-refractivity contribution in [2.45, 2.75) is 13.3 Å². The van der Waals surface area contributed by atoms with Crippen LogP contribution in [0.25, 0.3) is 0 Å². The van der Waals surface area contributed by atoms with Gasteiger partial charge in [0.2, 0.25) is 5.91 Å². The molecular weight excluding hydrogens is 246 g/mol. The summed E-state index contributed by atoms with van der Waals surface area (Å²) in [6, 6.07) is 3.27. The van der Waals surface area contributed by atoms with Crippen LogP contribution in [0.3, 0.4) is 0 Å². The number of nitrogen functional groups attached to an aromatic ring is 1. The fourth-order valence-electron chi connectivity index (χ4n) is 2.03. The lowest BCUT2D eigenvalue weighted by molar-refractivity contribution is -0.121. The highest BCUT2D eigenvalue weighted by molar-refractivity contribution is 5.97. The predicted octanol–water partition coefficient (Wildman–Crippen LogP) is -0.362. The van der Waals surface area contributed by atoms with Gasteiger partial charge in [-0.25, -0.2) is 10.8 Å². The Hall–Kier alpha value is -2.15. The molecule has 0 aliphatic carbocycles. The summed E-state index contributed by atoms with van der Waals surface area (Å²) in [5, 5.41) is 2.74. The number of hydrogen-bond donors (Lipinski definition) is 3. The lowest BCUT2D eigenvalue weighted by Gasteiger charge is -2.19. The molecule has 2 heterocycles. The molecule has 7 heteroatoms. The van der Waals surface area contributed by atoms with E-state index in [1.165, 1.54) is 4.90 Å². The number of hydrogen-bond acceptors (Lipinski definition) is 5. The van der Waals surface area contributed by atoms with Crippen LogP contribution in [0.4, 0.5) is 5.82 Å². The zero-order valence-corrected chi connectivity index (χ0v) is 10.8. The maximum absolute atomic E-state index is 12.4. The summed E-state index contributed by atoms with van der Waals surface area (Å²) in [6.45, 7) is 3.04. The number of nitrogens with zero attached hydrogens (tertiary/aromatic N) is 2. The highest BCUT2D eigenvalue weighted by Gasteiger charge is 2.21. The van der Waals surface area contributed by atoms with Crippen molar-refractivity contribution in [3.63, 3.8) is 0 Å². The molecule has 19 heavy (non-hydrogen) atoms. The molecule has 0 unspecified atom stereocenters. The number of aryl methyl sites for hydroxylation is 1. The number of anilines is 1. The van der Waals surface area contributed by atoms with Gasteiger partial charge < -0.3 is 15.6 Å². The van der Waals surface area contributed by atoms with Gasteiger partial charge in [-0.15, -0.1) is 0 Å². The lowest BCUT2D eigenvalue weighted by Crippen LogP contribution is -2.37. The van der Waals surface area contributed by atoms with E-state index in [-0.39, 0.29) is 18.4 Å². The molecule has 1 saturated heterocycles. The molecule has 1 aliphatic rings. The van der Waals surface area contributed by atoms with Crippen LogP contribution in [0.5, 0.6) is 0 Å². The minimum Gasteiger partial charge on any atom is -0.354 e. The van der Waals surface area contributed by atoms with E-state index in [2.05, 4.69) is 15.7 Å². The number of rotatable bonds is 2. The summed E-state index contributed by atoms with van der Waals surface area (Å²) in [7, 11) is 0. The van der Waals surface area contributed by atoms with Crippen LogP contribution in [-0.2, 0) is 4.79 Å². The Morgan fingerprint density at radius 1 is 1.53 bits per heavy atom. The SMILES string of the molecule is Cc1cc(C(=O)N2CCCNC(=O)C2)cc(NN)n1. The van der Waals surface area contributed by atoms with Gasteiger partial charge in [0.1, 0.15) is 5.82 Å². The first-order chi connectivity index (χ1) is 9.10. The van der Waals surface area contributed by atoms with Crippen molar-refractivity contribution in [3.05, 3.63) is 23.4 Å². The second kappa shape index (κ2) is 5.66. The summed E-state index contributed by atoms with van der Waals surface area (Å²) < 4.78 is 0. The molecule has 0 aromatic carbocycles. The Morgan fingerprint density at radius 3 is 3.05 bits per heavy atom. The third kappa shape index (κ3) is 3.19. The van der Waals surface area contributed by atoms with Gasteiger partial charge in [0.05, 0.1) is 6.54 Å². The molecule has 2 amide bonds. The summed E-state index contributed by atoms with van der Waals surface area (Å²) in [6.07, 6.45) is 0.754. The van der Waals surface area contributed by atoms with Crippen LogP contribution in [0.2, 0.25) is 0 Å². The average molecular weight is 263 g/mol. The quantitative estimate of drug-likeness (QED) is 0.499. The van der Waals surface area contributed by atoms with Gasteiger partial charge in [-0.2, -0.15) is 0 Å². The second-order valence-electron chi connectivity index (χ2n) is 4.46. The van der Waals surface area contributed by atoms with Crippen molar-refractivity contribution in [1.82, 2.24) is 15.2 Å². The molecule has 1 fully saturated rings. The number of aromatic nitrogens is 1. The fraction of sp³-hybridized carbons (Fsp3) is 0.417. The molecule has 4 N–H and O–H groups in total. The lowest BCUT2D eigenvalue weighted by atomic mass is 10.2. The van der Waals surface area contributed by atoms with Crippen molar-refractivity contribution in [2.24, 2.45) is 5.84 Å². The number of carbonyl (C=O) groups is 2. The van der Waals surface area contributed by atoms with E-state index >= 15 is 0 Å².